The number of aromatic nitrogens is 2. The molecule has 2 atom stereocenters. The zero-order valence-electron chi connectivity index (χ0n) is 9.49. The highest BCUT2D eigenvalue weighted by molar-refractivity contribution is 5.59. The van der Waals surface area contributed by atoms with Crippen molar-refractivity contribution in [2.24, 2.45) is 5.92 Å². The fourth-order valence-electron chi connectivity index (χ4n) is 2.23. The number of nitrogens with two attached hydrogens (primary N) is 1. The van der Waals surface area contributed by atoms with Gasteiger partial charge in [-0.3, -0.25) is 4.79 Å². The molecule has 0 bridgehead atoms. The van der Waals surface area contributed by atoms with Crippen molar-refractivity contribution in [1.82, 2.24) is 9.97 Å². The molecule has 0 saturated heterocycles. The molecule has 5 nitrogen and oxygen atoms in total. The number of anilines is 2. The molecule has 4 N–H and O–H groups in total. The van der Waals surface area contributed by atoms with E-state index in [0.717, 1.165) is 6.42 Å². The summed E-state index contributed by atoms with van der Waals surface area (Å²) in [6.45, 7) is 2.22. The number of nitrogens with zero attached hydrogens (tertiary/aromatic N) is 1. The van der Waals surface area contributed by atoms with Crippen LogP contribution >= 0.6 is 0 Å². The van der Waals surface area contributed by atoms with Gasteiger partial charge >= 0.3 is 0 Å². The summed E-state index contributed by atoms with van der Waals surface area (Å²) < 4.78 is 0. The van der Waals surface area contributed by atoms with Gasteiger partial charge in [0.05, 0.1) is 6.33 Å². The first-order valence-corrected chi connectivity index (χ1v) is 5.78. The van der Waals surface area contributed by atoms with E-state index < -0.39 is 0 Å². The van der Waals surface area contributed by atoms with Gasteiger partial charge in [-0.2, -0.15) is 0 Å². The molecule has 0 amide bonds. The van der Waals surface area contributed by atoms with Gasteiger partial charge in [0.2, 0.25) is 0 Å². The standard InChI is InChI=1S/C11H18N4O/c1-7-4-2-3-5-8(7)15-10-9(12)11(16)14-6-13-10/h6-8H,2-5,12H2,1H3,(H2,13,14,15,16). The predicted octanol–water partition coefficient (Wildman–Crippen LogP) is 1.34. The topological polar surface area (TPSA) is 83.8 Å². The number of hydrogen-bond donors (Lipinski definition) is 3. The normalized spacial score (nSPS) is 25.3. The summed E-state index contributed by atoms with van der Waals surface area (Å²) in [5.74, 6) is 1.12. The monoisotopic (exact) mass is 222 g/mol. The molecule has 1 aliphatic carbocycles. The van der Waals surface area contributed by atoms with E-state index in [-0.39, 0.29) is 11.2 Å². The van der Waals surface area contributed by atoms with Crippen molar-refractivity contribution in [2.75, 3.05) is 11.1 Å². The molecule has 1 aromatic heterocycles. The average Bonchev–Trinajstić information content (AvgIpc) is 2.28. The number of hydrogen-bond acceptors (Lipinski definition) is 4. The summed E-state index contributed by atoms with van der Waals surface area (Å²) in [6, 6.07) is 0.380. The third kappa shape index (κ3) is 2.18. The van der Waals surface area contributed by atoms with E-state index in [4.69, 9.17) is 5.73 Å². The highest BCUT2D eigenvalue weighted by Gasteiger charge is 2.22. The minimum absolute atomic E-state index is 0.181. The fourth-order valence-corrected chi connectivity index (χ4v) is 2.23. The van der Waals surface area contributed by atoms with E-state index >= 15 is 0 Å². The van der Waals surface area contributed by atoms with E-state index in [9.17, 15) is 4.79 Å². The Morgan fingerprint density at radius 1 is 1.50 bits per heavy atom. The van der Waals surface area contributed by atoms with Crippen LogP contribution in [0.2, 0.25) is 0 Å². The molecule has 88 valence electrons. The number of nitrogens with one attached hydrogen (secondary N) is 2. The molecule has 0 aliphatic heterocycles. The summed E-state index contributed by atoms with van der Waals surface area (Å²) in [5, 5.41) is 3.28. The second-order valence-corrected chi connectivity index (χ2v) is 4.51. The van der Waals surface area contributed by atoms with Crippen molar-refractivity contribution >= 4 is 11.5 Å². The van der Waals surface area contributed by atoms with E-state index in [2.05, 4.69) is 22.2 Å². The molecule has 1 saturated carbocycles. The summed E-state index contributed by atoms with van der Waals surface area (Å²) in [6.07, 6.45) is 6.24. The summed E-state index contributed by atoms with van der Waals surface area (Å²) in [4.78, 5) is 17.8. The quantitative estimate of drug-likeness (QED) is 0.705. The van der Waals surface area contributed by atoms with Gasteiger partial charge in [-0.1, -0.05) is 19.8 Å². The van der Waals surface area contributed by atoms with Crippen LogP contribution in [-0.2, 0) is 0 Å². The summed E-state index contributed by atoms with van der Waals surface area (Å²) in [7, 11) is 0. The number of nitrogen functional groups attached to an aromatic ring is 1. The Morgan fingerprint density at radius 3 is 3.00 bits per heavy atom. The lowest BCUT2D eigenvalue weighted by molar-refractivity contribution is 0.349. The van der Waals surface area contributed by atoms with Gasteiger partial charge in [0.25, 0.3) is 5.56 Å². The molecule has 0 spiro atoms. The zero-order chi connectivity index (χ0) is 11.5. The van der Waals surface area contributed by atoms with E-state index in [0.29, 0.717) is 17.8 Å². The molecule has 5 heteroatoms. The van der Waals surface area contributed by atoms with E-state index in [1.54, 1.807) is 0 Å². The van der Waals surface area contributed by atoms with Crippen molar-refractivity contribution in [2.45, 2.75) is 38.6 Å². The van der Waals surface area contributed by atoms with Crippen LogP contribution < -0.4 is 16.6 Å². The molecule has 2 unspecified atom stereocenters. The van der Waals surface area contributed by atoms with Gasteiger partial charge < -0.3 is 16.0 Å². The highest BCUT2D eigenvalue weighted by Crippen LogP contribution is 2.26. The first-order valence-electron chi connectivity index (χ1n) is 5.78. The molecule has 1 aliphatic rings. The lowest BCUT2D eigenvalue weighted by Crippen LogP contribution is -2.32. The maximum atomic E-state index is 11.3. The Balaban J connectivity index is 2.14. The van der Waals surface area contributed by atoms with Crippen LogP contribution in [0.3, 0.4) is 0 Å². The van der Waals surface area contributed by atoms with Gasteiger partial charge in [-0.25, -0.2) is 4.98 Å². The van der Waals surface area contributed by atoms with Crippen LogP contribution in [0.25, 0.3) is 0 Å². The van der Waals surface area contributed by atoms with Crippen LogP contribution in [0.1, 0.15) is 32.6 Å². The first-order chi connectivity index (χ1) is 7.68. The molecular formula is C11H18N4O. The number of rotatable bonds is 2. The Bertz CT molecular complexity index is 415. The van der Waals surface area contributed by atoms with Crippen molar-refractivity contribution < 1.29 is 0 Å². The molecular weight excluding hydrogens is 204 g/mol. The van der Waals surface area contributed by atoms with Crippen LogP contribution in [0.4, 0.5) is 11.5 Å². The minimum atomic E-state index is -0.277. The van der Waals surface area contributed by atoms with Crippen LogP contribution in [-0.4, -0.2) is 16.0 Å². The first kappa shape index (κ1) is 11.0. The van der Waals surface area contributed by atoms with Crippen molar-refractivity contribution in [3.05, 3.63) is 16.7 Å². The lowest BCUT2D eigenvalue weighted by Gasteiger charge is -2.30. The van der Waals surface area contributed by atoms with E-state index in [1.165, 1.54) is 25.6 Å². The minimum Gasteiger partial charge on any atom is -0.391 e. The largest absolute Gasteiger partial charge is 0.391 e. The van der Waals surface area contributed by atoms with Crippen LogP contribution in [0.15, 0.2) is 11.1 Å². The molecule has 2 rings (SSSR count). The van der Waals surface area contributed by atoms with Gasteiger partial charge in [0.1, 0.15) is 5.69 Å². The number of H-pyrrole nitrogens is 1. The third-order valence-corrected chi connectivity index (χ3v) is 3.32. The Morgan fingerprint density at radius 2 is 2.25 bits per heavy atom. The van der Waals surface area contributed by atoms with Crippen molar-refractivity contribution in [3.8, 4) is 0 Å². The van der Waals surface area contributed by atoms with Gasteiger partial charge in [0, 0.05) is 6.04 Å². The Labute approximate surface area is 94.5 Å². The molecule has 0 radical (unpaired) electrons. The van der Waals surface area contributed by atoms with Crippen LogP contribution in [0.5, 0.6) is 0 Å². The molecule has 1 heterocycles. The van der Waals surface area contributed by atoms with E-state index in [1.807, 2.05) is 0 Å². The van der Waals surface area contributed by atoms with Crippen LogP contribution in [0, 0.1) is 5.92 Å². The third-order valence-electron chi connectivity index (χ3n) is 3.32. The molecule has 16 heavy (non-hydrogen) atoms. The zero-order valence-corrected chi connectivity index (χ0v) is 9.49. The second-order valence-electron chi connectivity index (χ2n) is 4.51. The smallest absolute Gasteiger partial charge is 0.276 e. The van der Waals surface area contributed by atoms with Gasteiger partial charge in [-0.05, 0) is 18.8 Å². The van der Waals surface area contributed by atoms with Crippen molar-refractivity contribution in [1.29, 1.82) is 0 Å². The highest BCUT2D eigenvalue weighted by atomic mass is 16.1. The number of aromatic amines is 1. The SMILES string of the molecule is CC1CCCCC1Nc1nc[nH]c(=O)c1N. The molecule has 1 fully saturated rings. The van der Waals surface area contributed by atoms with Gasteiger partial charge in [0.15, 0.2) is 5.82 Å². The van der Waals surface area contributed by atoms with Crippen molar-refractivity contribution in [3.63, 3.8) is 0 Å². The molecule has 0 aromatic carbocycles. The molecule has 1 aromatic rings. The second kappa shape index (κ2) is 4.55. The maximum absolute atomic E-state index is 11.3. The average molecular weight is 222 g/mol. The summed E-state index contributed by atoms with van der Waals surface area (Å²) in [5.41, 5.74) is 5.58. The predicted molar refractivity (Wildman–Crippen MR) is 64.3 cm³/mol. The fraction of sp³-hybridized carbons (Fsp3) is 0.636. The Hall–Kier alpha value is -1.52. The Kier molecular flexibility index (Phi) is 3.12. The summed E-state index contributed by atoms with van der Waals surface area (Å²) >= 11 is 0. The lowest BCUT2D eigenvalue weighted by atomic mass is 9.86. The van der Waals surface area contributed by atoms with Gasteiger partial charge in [-0.15, -0.1) is 0 Å². The maximum Gasteiger partial charge on any atom is 0.276 e.